The highest BCUT2D eigenvalue weighted by Crippen LogP contribution is 2.27. The summed E-state index contributed by atoms with van der Waals surface area (Å²) in [6, 6.07) is 25.3. The van der Waals surface area contributed by atoms with Gasteiger partial charge in [0.15, 0.2) is 5.82 Å². The first-order chi connectivity index (χ1) is 17.1. The van der Waals surface area contributed by atoms with Crippen molar-refractivity contribution in [3.05, 3.63) is 95.8 Å². The van der Waals surface area contributed by atoms with Gasteiger partial charge < -0.3 is 15.0 Å². The molecule has 0 fully saturated rings. The van der Waals surface area contributed by atoms with Gasteiger partial charge in [0, 0.05) is 11.4 Å². The Morgan fingerprint density at radius 1 is 1.06 bits per heavy atom. The molecule has 35 heavy (non-hydrogen) atoms. The third-order valence-electron chi connectivity index (χ3n) is 5.58. The number of methoxy groups -OCH3 is 1. The van der Waals surface area contributed by atoms with Crippen LogP contribution < -0.4 is 10.1 Å². The van der Waals surface area contributed by atoms with Gasteiger partial charge in [-0.25, -0.2) is 0 Å². The topological polar surface area (TPSA) is 85.2 Å². The maximum Gasteiger partial charge on any atom is 0.252 e. The van der Waals surface area contributed by atoms with Gasteiger partial charge in [0.2, 0.25) is 0 Å². The Balaban J connectivity index is 1.45. The third kappa shape index (κ3) is 6.06. The molecular weight excluding hydrogens is 460 g/mol. The van der Waals surface area contributed by atoms with E-state index in [0.717, 1.165) is 21.9 Å². The molecule has 0 radical (unpaired) electrons. The minimum atomic E-state index is -0.120. The Hall–Kier alpha value is -3.69. The van der Waals surface area contributed by atoms with Crippen LogP contribution in [0, 0.1) is 0 Å². The van der Waals surface area contributed by atoms with Gasteiger partial charge >= 0.3 is 0 Å². The molecule has 9 heteroatoms. The molecule has 0 aliphatic heterocycles. The number of ether oxygens (including phenoxy) is 1. The molecule has 1 aromatic heterocycles. The number of tetrazole rings is 1. The summed E-state index contributed by atoms with van der Waals surface area (Å²) >= 11 is 1.53. The standard InChI is InChI=1S/C26H28N6O2S/c1-31(2)23(19-10-9-13-21(16-19)34-3)17-27-26(33)22-14-7-8-15-24(22)35-18-25-28-29-30-32(25)20-11-5-4-6-12-20/h4-16,23H,17-18H2,1-3H3,(H,27,33). The van der Waals surface area contributed by atoms with E-state index in [-0.39, 0.29) is 11.9 Å². The number of thioether (sulfide) groups is 1. The Kier molecular flexibility index (Phi) is 8.12. The molecule has 0 aliphatic rings. The Labute approximate surface area is 209 Å². The third-order valence-corrected chi connectivity index (χ3v) is 6.65. The minimum Gasteiger partial charge on any atom is -0.497 e. The molecule has 0 spiro atoms. The number of nitrogens with one attached hydrogen (secondary N) is 1. The van der Waals surface area contributed by atoms with Gasteiger partial charge in [0.05, 0.1) is 30.2 Å². The van der Waals surface area contributed by atoms with Crippen molar-refractivity contribution >= 4 is 17.7 Å². The van der Waals surface area contributed by atoms with E-state index >= 15 is 0 Å². The lowest BCUT2D eigenvalue weighted by molar-refractivity contribution is 0.0939. The van der Waals surface area contributed by atoms with Crippen molar-refractivity contribution in [1.82, 2.24) is 30.4 Å². The predicted octanol–water partition coefficient (Wildman–Crippen LogP) is 4.00. The van der Waals surface area contributed by atoms with Gasteiger partial charge in [-0.1, -0.05) is 42.5 Å². The molecule has 1 amide bonds. The normalized spacial score (nSPS) is 11.9. The fourth-order valence-electron chi connectivity index (χ4n) is 3.72. The first kappa shape index (κ1) is 24.4. The van der Waals surface area contributed by atoms with Gasteiger partial charge in [-0.05, 0) is 66.5 Å². The van der Waals surface area contributed by atoms with Gasteiger partial charge in [-0.3, -0.25) is 4.79 Å². The Morgan fingerprint density at radius 3 is 2.60 bits per heavy atom. The Morgan fingerprint density at radius 2 is 1.83 bits per heavy atom. The average Bonchev–Trinajstić information content (AvgIpc) is 3.37. The second-order valence-corrected chi connectivity index (χ2v) is 9.11. The van der Waals surface area contributed by atoms with E-state index in [2.05, 4.69) is 25.7 Å². The highest BCUT2D eigenvalue weighted by atomic mass is 32.2. The number of amides is 1. The van der Waals surface area contributed by atoms with Crippen molar-refractivity contribution in [3.8, 4) is 11.4 Å². The lowest BCUT2D eigenvalue weighted by atomic mass is 10.1. The van der Waals surface area contributed by atoms with Crippen molar-refractivity contribution in [2.75, 3.05) is 27.7 Å². The molecule has 3 aromatic carbocycles. The van der Waals surface area contributed by atoms with Crippen LogP contribution in [0.1, 0.15) is 27.8 Å². The zero-order chi connectivity index (χ0) is 24.6. The summed E-state index contributed by atoms with van der Waals surface area (Å²) in [5, 5.41) is 15.2. The number of likely N-dealkylation sites (N-methyl/N-ethyl adjacent to an activating group) is 1. The van der Waals surface area contributed by atoms with Crippen LogP contribution in [0.4, 0.5) is 0 Å². The fraction of sp³-hybridized carbons (Fsp3) is 0.231. The lowest BCUT2D eigenvalue weighted by Crippen LogP contribution is -2.34. The smallest absolute Gasteiger partial charge is 0.252 e. The highest BCUT2D eigenvalue weighted by Gasteiger charge is 2.19. The maximum atomic E-state index is 13.2. The van der Waals surface area contributed by atoms with Crippen LogP contribution in [-0.2, 0) is 5.75 Å². The Bertz CT molecular complexity index is 1260. The molecule has 1 atom stereocenters. The molecule has 0 saturated carbocycles. The van der Waals surface area contributed by atoms with Crippen LogP contribution in [-0.4, -0.2) is 58.8 Å². The fourth-order valence-corrected chi connectivity index (χ4v) is 4.68. The number of para-hydroxylation sites is 1. The molecule has 0 saturated heterocycles. The molecule has 0 aliphatic carbocycles. The SMILES string of the molecule is COc1cccc(C(CNC(=O)c2ccccc2SCc2nnnn2-c2ccccc2)N(C)C)c1. The second kappa shape index (κ2) is 11.6. The summed E-state index contributed by atoms with van der Waals surface area (Å²) in [6.45, 7) is 0.463. The van der Waals surface area contributed by atoms with Crippen molar-refractivity contribution in [2.45, 2.75) is 16.7 Å². The first-order valence-electron chi connectivity index (χ1n) is 11.2. The van der Waals surface area contributed by atoms with Crippen LogP contribution in [0.5, 0.6) is 5.75 Å². The minimum absolute atomic E-state index is 0.00404. The highest BCUT2D eigenvalue weighted by molar-refractivity contribution is 7.98. The summed E-state index contributed by atoms with van der Waals surface area (Å²) < 4.78 is 7.08. The molecule has 1 heterocycles. The van der Waals surface area contributed by atoms with Crippen LogP contribution in [0.2, 0.25) is 0 Å². The van der Waals surface area contributed by atoms with E-state index in [4.69, 9.17) is 4.74 Å². The van der Waals surface area contributed by atoms with E-state index in [1.807, 2.05) is 93.0 Å². The zero-order valence-corrected chi connectivity index (χ0v) is 20.8. The molecule has 1 unspecified atom stereocenters. The van der Waals surface area contributed by atoms with Crippen LogP contribution in [0.3, 0.4) is 0 Å². The molecule has 0 bridgehead atoms. The van der Waals surface area contributed by atoms with E-state index in [1.165, 1.54) is 11.8 Å². The summed E-state index contributed by atoms with van der Waals surface area (Å²) in [4.78, 5) is 16.1. The average molecular weight is 489 g/mol. The maximum absolute atomic E-state index is 13.2. The van der Waals surface area contributed by atoms with Crippen LogP contribution in [0.15, 0.2) is 83.8 Å². The van der Waals surface area contributed by atoms with E-state index in [9.17, 15) is 4.79 Å². The van der Waals surface area contributed by atoms with Gasteiger partial charge in [0.25, 0.3) is 5.91 Å². The molecule has 8 nitrogen and oxygen atoms in total. The summed E-state index contributed by atoms with van der Waals surface area (Å²) in [7, 11) is 5.65. The summed E-state index contributed by atoms with van der Waals surface area (Å²) in [5.74, 6) is 1.91. The number of nitrogens with zero attached hydrogens (tertiary/aromatic N) is 5. The first-order valence-corrected chi connectivity index (χ1v) is 12.2. The summed E-state index contributed by atoms with van der Waals surface area (Å²) in [5.41, 5.74) is 2.59. The van der Waals surface area contributed by atoms with E-state index in [0.29, 0.717) is 23.7 Å². The van der Waals surface area contributed by atoms with Gasteiger partial charge in [0.1, 0.15) is 5.75 Å². The largest absolute Gasteiger partial charge is 0.497 e. The van der Waals surface area contributed by atoms with Crippen molar-refractivity contribution in [2.24, 2.45) is 0 Å². The summed E-state index contributed by atoms with van der Waals surface area (Å²) in [6.07, 6.45) is 0. The van der Waals surface area contributed by atoms with Crippen LogP contribution >= 0.6 is 11.8 Å². The molecular formula is C26H28N6O2S. The number of hydrogen-bond acceptors (Lipinski definition) is 7. The molecule has 4 rings (SSSR count). The number of aromatic nitrogens is 4. The molecule has 4 aromatic rings. The van der Waals surface area contributed by atoms with E-state index in [1.54, 1.807) is 11.8 Å². The zero-order valence-electron chi connectivity index (χ0n) is 20.0. The quantitative estimate of drug-likeness (QED) is 0.338. The van der Waals surface area contributed by atoms with Crippen molar-refractivity contribution in [1.29, 1.82) is 0 Å². The predicted molar refractivity (Wildman–Crippen MR) is 137 cm³/mol. The van der Waals surface area contributed by atoms with E-state index < -0.39 is 0 Å². The van der Waals surface area contributed by atoms with Gasteiger partial charge in [-0.2, -0.15) is 4.68 Å². The number of rotatable bonds is 10. The van der Waals surface area contributed by atoms with Crippen molar-refractivity contribution in [3.63, 3.8) is 0 Å². The number of carbonyl (C=O) groups excluding carboxylic acids is 1. The second-order valence-electron chi connectivity index (χ2n) is 8.09. The lowest BCUT2D eigenvalue weighted by Gasteiger charge is -2.25. The van der Waals surface area contributed by atoms with Gasteiger partial charge in [-0.15, -0.1) is 16.9 Å². The van der Waals surface area contributed by atoms with Crippen LogP contribution in [0.25, 0.3) is 5.69 Å². The number of carbonyl (C=O) groups is 1. The molecule has 180 valence electrons. The monoisotopic (exact) mass is 488 g/mol. The number of benzene rings is 3. The number of hydrogen-bond donors (Lipinski definition) is 1. The molecule has 1 N–H and O–H groups in total. The van der Waals surface area contributed by atoms with Crippen molar-refractivity contribution < 1.29 is 9.53 Å².